The number of anilines is 1. The lowest BCUT2D eigenvalue weighted by molar-refractivity contribution is -0.121. The lowest BCUT2D eigenvalue weighted by Crippen LogP contribution is -2.33. The Bertz CT molecular complexity index is 1340. The Morgan fingerprint density at radius 2 is 1.86 bits per heavy atom. The summed E-state index contributed by atoms with van der Waals surface area (Å²) in [5, 5.41) is 3.24. The zero-order chi connectivity index (χ0) is 24.8. The summed E-state index contributed by atoms with van der Waals surface area (Å²) in [6.07, 6.45) is 4.69. The van der Waals surface area contributed by atoms with Crippen molar-refractivity contribution in [2.75, 3.05) is 18.6 Å². The molecule has 0 atom stereocenters. The number of thiazole rings is 1. The van der Waals surface area contributed by atoms with E-state index in [0.717, 1.165) is 11.3 Å². The van der Waals surface area contributed by atoms with Crippen LogP contribution in [0.4, 0.5) is 5.69 Å². The number of nitrogens with zero attached hydrogens (tertiary/aromatic N) is 4. The average Bonchev–Trinajstić information content (AvgIpc) is 3.55. The Hall–Kier alpha value is -4.38. The smallest absolute Gasteiger partial charge is 0.350 e. The van der Waals surface area contributed by atoms with Gasteiger partial charge in [0.15, 0.2) is 17.4 Å². The Morgan fingerprint density at radius 3 is 2.60 bits per heavy atom. The van der Waals surface area contributed by atoms with Crippen LogP contribution in [0.3, 0.4) is 0 Å². The van der Waals surface area contributed by atoms with E-state index in [-0.39, 0.29) is 17.3 Å². The highest BCUT2D eigenvalue weighted by atomic mass is 32.1. The van der Waals surface area contributed by atoms with E-state index in [1.807, 2.05) is 0 Å². The fourth-order valence-electron chi connectivity index (χ4n) is 3.15. The number of rotatable bonds is 8. The van der Waals surface area contributed by atoms with Crippen LogP contribution in [0.1, 0.15) is 31.5 Å². The van der Waals surface area contributed by atoms with Crippen LogP contribution in [0.15, 0.2) is 65.5 Å². The summed E-state index contributed by atoms with van der Waals surface area (Å²) in [7, 11) is 1.51. The van der Waals surface area contributed by atoms with Crippen LogP contribution >= 0.6 is 11.3 Å². The van der Waals surface area contributed by atoms with Gasteiger partial charge in [-0.15, -0.1) is 11.3 Å². The van der Waals surface area contributed by atoms with Crippen LogP contribution in [0, 0.1) is 6.92 Å². The van der Waals surface area contributed by atoms with Gasteiger partial charge in [0, 0.05) is 19.4 Å². The third-order valence-electron chi connectivity index (χ3n) is 4.95. The minimum Gasteiger partial charge on any atom is -0.467 e. The van der Waals surface area contributed by atoms with E-state index >= 15 is 0 Å². The summed E-state index contributed by atoms with van der Waals surface area (Å²) < 4.78 is 10.5. The van der Waals surface area contributed by atoms with Gasteiger partial charge < -0.3 is 19.4 Å². The van der Waals surface area contributed by atoms with Gasteiger partial charge in [-0.2, -0.15) is 0 Å². The first kappa shape index (κ1) is 23.8. The second-order valence-corrected chi connectivity index (χ2v) is 8.31. The van der Waals surface area contributed by atoms with E-state index in [9.17, 15) is 14.4 Å². The van der Waals surface area contributed by atoms with Crippen molar-refractivity contribution in [1.82, 2.24) is 20.3 Å². The molecule has 1 aromatic carbocycles. The average molecular weight is 492 g/mol. The first-order valence-corrected chi connectivity index (χ1v) is 11.3. The molecule has 0 aliphatic heterocycles. The van der Waals surface area contributed by atoms with Crippen molar-refractivity contribution in [3.63, 3.8) is 0 Å². The predicted molar refractivity (Wildman–Crippen MR) is 128 cm³/mol. The van der Waals surface area contributed by atoms with E-state index in [2.05, 4.69) is 20.3 Å². The molecule has 0 saturated heterocycles. The van der Waals surface area contributed by atoms with Crippen molar-refractivity contribution in [2.45, 2.75) is 13.5 Å². The number of ether oxygens (including phenoxy) is 1. The number of aryl methyl sites for hydroxylation is 1. The van der Waals surface area contributed by atoms with Crippen molar-refractivity contribution in [3.8, 4) is 10.8 Å². The number of benzene rings is 1. The molecule has 0 unspecified atom stereocenters. The zero-order valence-corrected chi connectivity index (χ0v) is 19.7. The van der Waals surface area contributed by atoms with Gasteiger partial charge in [-0.3, -0.25) is 9.59 Å². The molecule has 0 aliphatic rings. The molecule has 11 heteroatoms. The Morgan fingerprint density at radius 1 is 1.09 bits per heavy atom. The number of amides is 2. The van der Waals surface area contributed by atoms with Crippen LogP contribution in [0.25, 0.3) is 10.8 Å². The quantitative estimate of drug-likeness (QED) is 0.372. The van der Waals surface area contributed by atoms with Crippen LogP contribution < -0.4 is 10.2 Å². The first-order chi connectivity index (χ1) is 16.9. The molecule has 4 rings (SSSR count). The second kappa shape index (κ2) is 10.7. The molecule has 0 aliphatic carbocycles. The van der Waals surface area contributed by atoms with Crippen molar-refractivity contribution in [1.29, 1.82) is 0 Å². The number of carbonyl (C=O) groups excluding carboxylic acids is 3. The maximum Gasteiger partial charge on any atom is 0.350 e. The second-order valence-electron chi connectivity index (χ2n) is 7.31. The molecule has 3 aromatic heterocycles. The number of nitrogens with one attached hydrogen (secondary N) is 1. The lowest BCUT2D eigenvalue weighted by Gasteiger charge is -2.20. The largest absolute Gasteiger partial charge is 0.467 e. The van der Waals surface area contributed by atoms with Crippen LogP contribution in [0.2, 0.25) is 0 Å². The fraction of sp³-hybridized carbons (Fsp3) is 0.167. The van der Waals surface area contributed by atoms with E-state index in [1.165, 1.54) is 18.2 Å². The number of para-hydroxylation sites is 1. The number of hydrogen-bond donors (Lipinski definition) is 1. The summed E-state index contributed by atoms with van der Waals surface area (Å²) in [5.74, 6) is -0.540. The highest BCUT2D eigenvalue weighted by molar-refractivity contribution is 7.16. The summed E-state index contributed by atoms with van der Waals surface area (Å²) in [4.78, 5) is 52.2. The Labute approximate surface area is 204 Å². The van der Waals surface area contributed by atoms with Crippen molar-refractivity contribution in [3.05, 3.63) is 83.0 Å². The van der Waals surface area contributed by atoms with Gasteiger partial charge >= 0.3 is 5.97 Å². The molecule has 0 fully saturated rings. The SMILES string of the molecule is Cc1nc(-c2ncccn2)sc1C(=O)OCC(=O)N(C)c1ccccc1C(=O)NCc1ccco1. The Balaban J connectivity index is 1.40. The topological polar surface area (TPSA) is 128 Å². The summed E-state index contributed by atoms with van der Waals surface area (Å²) in [6.45, 7) is 1.37. The molecule has 35 heavy (non-hydrogen) atoms. The number of hydrogen-bond acceptors (Lipinski definition) is 9. The molecule has 0 spiro atoms. The van der Waals surface area contributed by atoms with E-state index in [4.69, 9.17) is 9.15 Å². The summed E-state index contributed by atoms with van der Waals surface area (Å²) in [5.41, 5.74) is 1.14. The summed E-state index contributed by atoms with van der Waals surface area (Å²) in [6, 6.07) is 11.8. The minimum absolute atomic E-state index is 0.208. The molecule has 2 amide bonds. The number of carbonyl (C=O) groups is 3. The van der Waals surface area contributed by atoms with Gasteiger partial charge in [0.1, 0.15) is 10.6 Å². The van der Waals surface area contributed by atoms with Crippen LogP contribution in [-0.2, 0) is 16.1 Å². The molecule has 178 valence electrons. The monoisotopic (exact) mass is 491 g/mol. The molecule has 0 saturated carbocycles. The van der Waals surface area contributed by atoms with Gasteiger partial charge in [-0.05, 0) is 37.3 Å². The highest BCUT2D eigenvalue weighted by Crippen LogP contribution is 2.26. The molecule has 0 bridgehead atoms. The maximum absolute atomic E-state index is 12.8. The van der Waals surface area contributed by atoms with Crippen molar-refractivity contribution >= 4 is 34.8 Å². The molecular weight excluding hydrogens is 470 g/mol. The van der Waals surface area contributed by atoms with Gasteiger partial charge in [0.2, 0.25) is 0 Å². The maximum atomic E-state index is 12.8. The fourth-order valence-corrected chi connectivity index (χ4v) is 4.06. The summed E-state index contributed by atoms with van der Waals surface area (Å²) >= 11 is 1.09. The highest BCUT2D eigenvalue weighted by Gasteiger charge is 2.22. The molecule has 10 nitrogen and oxygen atoms in total. The molecule has 3 heterocycles. The Kier molecular flexibility index (Phi) is 7.27. The molecule has 0 radical (unpaired) electrons. The lowest BCUT2D eigenvalue weighted by atomic mass is 10.1. The number of furan rings is 1. The molecular formula is C24H21N5O5S. The van der Waals surface area contributed by atoms with Crippen molar-refractivity contribution in [2.24, 2.45) is 0 Å². The predicted octanol–water partition coefficient (Wildman–Crippen LogP) is 3.25. The number of esters is 1. The first-order valence-electron chi connectivity index (χ1n) is 10.5. The van der Waals surface area contributed by atoms with Gasteiger partial charge in [0.05, 0.1) is 29.8 Å². The zero-order valence-electron chi connectivity index (χ0n) is 18.9. The van der Waals surface area contributed by atoms with Crippen LogP contribution in [-0.4, -0.2) is 46.4 Å². The standard InChI is InChI=1S/C24H21N5O5S/c1-15-20(35-23(28-15)21-25-10-6-11-26-21)24(32)34-14-19(30)29(2)18-9-4-3-8-17(18)22(31)27-13-16-7-5-12-33-16/h3-12H,13-14H2,1-2H3,(H,27,31). The normalized spacial score (nSPS) is 10.6. The minimum atomic E-state index is -0.673. The number of likely N-dealkylation sites (N-methyl/N-ethyl adjacent to an activating group) is 1. The van der Waals surface area contributed by atoms with E-state index in [0.29, 0.717) is 33.5 Å². The van der Waals surface area contributed by atoms with Gasteiger partial charge in [-0.25, -0.2) is 19.7 Å². The van der Waals surface area contributed by atoms with Crippen LogP contribution in [0.5, 0.6) is 0 Å². The van der Waals surface area contributed by atoms with E-state index in [1.54, 1.807) is 61.8 Å². The molecule has 1 N–H and O–H groups in total. The number of aromatic nitrogens is 3. The van der Waals surface area contributed by atoms with E-state index < -0.39 is 18.5 Å². The third-order valence-corrected chi connectivity index (χ3v) is 6.09. The van der Waals surface area contributed by atoms with Gasteiger partial charge in [-0.1, -0.05) is 12.1 Å². The molecule has 4 aromatic rings. The van der Waals surface area contributed by atoms with Crippen molar-refractivity contribution < 1.29 is 23.5 Å². The van der Waals surface area contributed by atoms with Gasteiger partial charge in [0.25, 0.3) is 11.8 Å². The third kappa shape index (κ3) is 5.58.